The van der Waals surface area contributed by atoms with Gasteiger partial charge in [-0.1, -0.05) is 35.9 Å². The fraction of sp³-hybridized carbons (Fsp3) is 0.240. The number of aryl methyl sites for hydroxylation is 1. The van der Waals surface area contributed by atoms with Gasteiger partial charge in [-0.2, -0.15) is 5.10 Å². The number of pyridine rings is 1. The predicted octanol–water partition coefficient (Wildman–Crippen LogP) is 5.07. The minimum Gasteiger partial charge on any atom is -0.303 e. The Morgan fingerprint density at radius 2 is 2.09 bits per heavy atom. The van der Waals surface area contributed by atoms with Crippen LogP contribution in [0.25, 0.3) is 10.9 Å². The van der Waals surface area contributed by atoms with Crippen LogP contribution in [-0.2, 0) is 23.8 Å². The number of anilines is 1. The Hall–Kier alpha value is -3.10. The smallest absolute Gasteiger partial charge is 0.261 e. The number of fused-ring (bicyclic) bond motifs is 2. The average Bonchev–Trinajstić information content (AvgIpc) is 3.44. The van der Waals surface area contributed by atoms with Crippen molar-refractivity contribution in [2.45, 2.75) is 36.7 Å². The maximum absolute atomic E-state index is 13.8. The van der Waals surface area contributed by atoms with Crippen LogP contribution in [0.5, 0.6) is 0 Å². The van der Waals surface area contributed by atoms with Gasteiger partial charge in [0.2, 0.25) is 0 Å². The molecule has 6 nitrogen and oxygen atoms in total. The van der Waals surface area contributed by atoms with Gasteiger partial charge in [0.05, 0.1) is 51.2 Å². The van der Waals surface area contributed by atoms with Crippen molar-refractivity contribution < 1.29 is 13.4 Å². The van der Waals surface area contributed by atoms with E-state index in [1.807, 2.05) is 28.9 Å². The SMILES string of the molecule is O=C(c1cnn(C2CC2)c1)N(Cc1ccc2cc(F)c(Cl)nc2c1)c1cccc2c1S(=O)CC2. The second-order valence-corrected chi connectivity index (χ2v) is 10.6. The zero-order valence-electron chi connectivity index (χ0n) is 18.1. The molecule has 0 radical (unpaired) electrons. The van der Waals surface area contributed by atoms with E-state index in [0.29, 0.717) is 33.9 Å². The molecule has 1 amide bonds. The van der Waals surface area contributed by atoms with E-state index in [-0.39, 0.29) is 17.6 Å². The highest BCUT2D eigenvalue weighted by atomic mass is 35.5. The van der Waals surface area contributed by atoms with Crippen molar-refractivity contribution in [1.82, 2.24) is 14.8 Å². The number of carbonyl (C=O) groups excluding carboxylic acids is 1. The molecule has 172 valence electrons. The molecule has 2 aromatic heterocycles. The fourth-order valence-electron chi connectivity index (χ4n) is 4.40. The van der Waals surface area contributed by atoms with Crippen molar-refractivity contribution in [3.63, 3.8) is 0 Å². The van der Waals surface area contributed by atoms with Crippen LogP contribution in [0.3, 0.4) is 0 Å². The largest absolute Gasteiger partial charge is 0.303 e. The van der Waals surface area contributed by atoms with Crippen molar-refractivity contribution in [2.75, 3.05) is 10.7 Å². The number of aromatic nitrogens is 3. The van der Waals surface area contributed by atoms with Gasteiger partial charge < -0.3 is 4.90 Å². The first-order valence-corrected chi connectivity index (χ1v) is 12.8. The van der Waals surface area contributed by atoms with Crippen molar-refractivity contribution in [3.8, 4) is 0 Å². The van der Waals surface area contributed by atoms with Crippen molar-refractivity contribution in [1.29, 1.82) is 0 Å². The molecule has 1 atom stereocenters. The molecule has 1 saturated carbocycles. The zero-order chi connectivity index (χ0) is 23.4. The number of carbonyl (C=O) groups is 1. The highest BCUT2D eigenvalue weighted by Crippen LogP contribution is 2.36. The van der Waals surface area contributed by atoms with E-state index in [1.54, 1.807) is 29.4 Å². The molecular formula is C25H20ClFN4O2S. The summed E-state index contributed by atoms with van der Waals surface area (Å²) in [4.78, 5) is 20.3. The molecule has 4 aromatic rings. The van der Waals surface area contributed by atoms with Crippen LogP contribution in [-0.4, -0.2) is 30.6 Å². The van der Waals surface area contributed by atoms with E-state index in [1.165, 1.54) is 6.07 Å². The van der Waals surface area contributed by atoms with Gasteiger partial charge >= 0.3 is 0 Å². The van der Waals surface area contributed by atoms with Gasteiger partial charge in [-0.05, 0) is 48.6 Å². The lowest BCUT2D eigenvalue weighted by Gasteiger charge is -2.25. The Balaban J connectivity index is 1.43. The minimum atomic E-state index is -1.17. The molecule has 0 bridgehead atoms. The third kappa shape index (κ3) is 3.80. The number of benzene rings is 2. The number of nitrogens with zero attached hydrogens (tertiary/aromatic N) is 4. The highest BCUT2D eigenvalue weighted by Gasteiger charge is 2.30. The molecule has 6 rings (SSSR count). The van der Waals surface area contributed by atoms with Gasteiger partial charge in [-0.15, -0.1) is 0 Å². The van der Waals surface area contributed by atoms with E-state index in [4.69, 9.17) is 11.6 Å². The Labute approximate surface area is 202 Å². The first kappa shape index (κ1) is 21.4. The quantitative estimate of drug-likeness (QED) is 0.363. The van der Waals surface area contributed by atoms with E-state index in [0.717, 1.165) is 35.3 Å². The first-order valence-electron chi connectivity index (χ1n) is 11.1. The summed E-state index contributed by atoms with van der Waals surface area (Å²) in [7, 11) is -1.17. The summed E-state index contributed by atoms with van der Waals surface area (Å²) in [5.74, 6) is -0.235. The van der Waals surface area contributed by atoms with Crippen LogP contribution in [0.2, 0.25) is 5.15 Å². The van der Waals surface area contributed by atoms with Gasteiger partial charge in [0.1, 0.15) is 0 Å². The van der Waals surface area contributed by atoms with Gasteiger partial charge in [0.15, 0.2) is 11.0 Å². The summed E-state index contributed by atoms with van der Waals surface area (Å²) >= 11 is 5.89. The van der Waals surface area contributed by atoms with Crippen molar-refractivity contribution in [2.24, 2.45) is 0 Å². The summed E-state index contributed by atoms with van der Waals surface area (Å²) in [6, 6.07) is 12.8. The monoisotopic (exact) mass is 494 g/mol. The molecule has 0 N–H and O–H groups in total. The molecular weight excluding hydrogens is 475 g/mol. The minimum absolute atomic E-state index is 0.193. The Morgan fingerprint density at radius 3 is 2.91 bits per heavy atom. The molecule has 0 spiro atoms. The third-order valence-corrected chi connectivity index (χ3v) is 8.07. The van der Waals surface area contributed by atoms with Crippen LogP contribution in [0.15, 0.2) is 59.8 Å². The van der Waals surface area contributed by atoms with Crippen molar-refractivity contribution >= 4 is 44.9 Å². The standard InChI is InChI=1S/C25H20ClFN4O2S/c26-24-20(27)11-17-5-4-15(10-21(17)29-24)13-30(22-3-1-2-16-8-9-34(33)23(16)22)25(32)18-12-28-31(14-18)19-6-7-19/h1-5,10-12,14,19H,6-9,13H2. The summed E-state index contributed by atoms with van der Waals surface area (Å²) in [5.41, 5.74) is 3.47. The number of rotatable bonds is 5. The van der Waals surface area contributed by atoms with Gasteiger partial charge in [-0.25, -0.2) is 9.37 Å². The van der Waals surface area contributed by atoms with Crippen LogP contribution < -0.4 is 4.90 Å². The predicted molar refractivity (Wildman–Crippen MR) is 129 cm³/mol. The van der Waals surface area contributed by atoms with E-state index >= 15 is 0 Å². The maximum atomic E-state index is 13.8. The molecule has 9 heteroatoms. The molecule has 2 aliphatic rings. The normalized spacial score (nSPS) is 17.2. The van der Waals surface area contributed by atoms with Crippen LogP contribution in [0, 0.1) is 5.82 Å². The van der Waals surface area contributed by atoms with Crippen molar-refractivity contribution in [3.05, 3.63) is 82.5 Å². The summed E-state index contributed by atoms with van der Waals surface area (Å²) in [5, 5.41) is 4.81. The van der Waals surface area contributed by atoms with E-state index < -0.39 is 16.6 Å². The maximum Gasteiger partial charge on any atom is 0.261 e. The van der Waals surface area contributed by atoms with E-state index in [2.05, 4.69) is 10.1 Å². The van der Waals surface area contributed by atoms with Gasteiger partial charge in [0, 0.05) is 17.3 Å². The molecule has 3 heterocycles. The molecule has 1 unspecified atom stereocenters. The highest BCUT2D eigenvalue weighted by molar-refractivity contribution is 7.85. The number of hydrogen-bond acceptors (Lipinski definition) is 4. The Bertz CT molecular complexity index is 1480. The summed E-state index contributed by atoms with van der Waals surface area (Å²) in [6.07, 6.45) is 6.24. The number of hydrogen-bond donors (Lipinski definition) is 0. The van der Waals surface area contributed by atoms with Crippen LogP contribution in [0.1, 0.15) is 40.4 Å². The summed E-state index contributed by atoms with van der Waals surface area (Å²) in [6.45, 7) is 0.230. The third-order valence-electron chi connectivity index (χ3n) is 6.30. The van der Waals surface area contributed by atoms with Crippen LogP contribution in [0.4, 0.5) is 10.1 Å². The first-order chi connectivity index (χ1) is 16.5. The fourth-order valence-corrected chi connectivity index (χ4v) is 6.03. The van der Waals surface area contributed by atoms with E-state index in [9.17, 15) is 13.4 Å². The van der Waals surface area contributed by atoms with Crippen LogP contribution >= 0.6 is 11.6 Å². The summed E-state index contributed by atoms with van der Waals surface area (Å²) < 4.78 is 28.5. The number of amides is 1. The molecule has 1 fully saturated rings. The molecule has 1 aliphatic carbocycles. The number of halogens is 2. The molecule has 34 heavy (non-hydrogen) atoms. The lowest BCUT2D eigenvalue weighted by Crippen LogP contribution is -2.31. The second-order valence-electron chi connectivity index (χ2n) is 8.68. The molecule has 0 saturated heterocycles. The Kier molecular flexibility index (Phi) is 5.22. The topological polar surface area (TPSA) is 68.1 Å². The lowest BCUT2D eigenvalue weighted by atomic mass is 10.1. The molecule has 1 aliphatic heterocycles. The Morgan fingerprint density at radius 1 is 1.24 bits per heavy atom. The van der Waals surface area contributed by atoms with Gasteiger partial charge in [0.25, 0.3) is 5.91 Å². The molecule has 2 aromatic carbocycles. The second kappa shape index (κ2) is 8.29. The average molecular weight is 495 g/mol. The lowest BCUT2D eigenvalue weighted by molar-refractivity contribution is 0.0984. The van der Waals surface area contributed by atoms with Gasteiger partial charge in [-0.3, -0.25) is 13.7 Å². The zero-order valence-corrected chi connectivity index (χ0v) is 19.7.